The third-order valence-corrected chi connectivity index (χ3v) is 3.34. The number of hydrogen-bond acceptors (Lipinski definition) is 2. The van der Waals surface area contributed by atoms with E-state index in [9.17, 15) is 0 Å². The second-order valence-electron chi connectivity index (χ2n) is 4.81. The van der Waals surface area contributed by atoms with Crippen LogP contribution in [0.5, 0.6) is 0 Å². The van der Waals surface area contributed by atoms with E-state index in [-0.39, 0.29) is 5.92 Å². The molecule has 0 bridgehead atoms. The van der Waals surface area contributed by atoms with Gasteiger partial charge in [0.05, 0.1) is 7.11 Å². The number of rotatable bonds is 2. The van der Waals surface area contributed by atoms with Gasteiger partial charge in [0.15, 0.2) is 0 Å². The lowest BCUT2D eigenvalue weighted by Crippen LogP contribution is -2.41. The van der Waals surface area contributed by atoms with Crippen LogP contribution in [0.15, 0.2) is 48.3 Å². The average Bonchev–Trinajstić information content (AvgIpc) is 2.29. The topological polar surface area (TPSA) is 35.2 Å². The molecule has 1 aromatic carbocycles. The van der Waals surface area contributed by atoms with Crippen molar-refractivity contribution in [3.8, 4) is 0 Å². The molecule has 0 saturated carbocycles. The zero-order chi connectivity index (χ0) is 12.5. The molecule has 17 heavy (non-hydrogen) atoms. The normalized spacial score (nSPS) is 27.8. The predicted octanol–water partition coefficient (Wildman–Crippen LogP) is 2.90. The van der Waals surface area contributed by atoms with Crippen molar-refractivity contribution in [3.63, 3.8) is 0 Å². The quantitative estimate of drug-likeness (QED) is 0.846. The molecular formula is C15H19NO. The van der Waals surface area contributed by atoms with Crippen molar-refractivity contribution in [2.75, 3.05) is 7.11 Å². The number of benzene rings is 1. The summed E-state index contributed by atoms with van der Waals surface area (Å²) >= 11 is 0. The highest BCUT2D eigenvalue weighted by Gasteiger charge is 2.31. The summed E-state index contributed by atoms with van der Waals surface area (Å²) in [5, 5.41) is 0. The maximum atomic E-state index is 6.38. The molecule has 0 amide bonds. The van der Waals surface area contributed by atoms with Gasteiger partial charge in [-0.2, -0.15) is 0 Å². The lowest BCUT2D eigenvalue weighted by Gasteiger charge is -2.33. The summed E-state index contributed by atoms with van der Waals surface area (Å²) in [6.07, 6.45) is 6.11. The minimum absolute atomic E-state index is 0.197. The smallest absolute Gasteiger partial charge is 0.116 e. The molecule has 0 fully saturated rings. The van der Waals surface area contributed by atoms with Crippen LogP contribution in [0, 0.1) is 6.92 Å². The molecule has 0 spiro atoms. The number of ether oxygens (including phenoxy) is 1. The molecule has 0 radical (unpaired) electrons. The van der Waals surface area contributed by atoms with Crippen LogP contribution >= 0.6 is 0 Å². The Kier molecular flexibility index (Phi) is 3.07. The number of nitrogens with two attached hydrogens (primary N) is 1. The van der Waals surface area contributed by atoms with Crippen molar-refractivity contribution in [1.82, 2.24) is 0 Å². The maximum absolute atomic E-state index is 6.38. The molecule has 0 saturated heterocycles. The molecule has 0 aliphatic heterocycles. The molecule has 1 aromatic rings. The SMILES string of the molecule is COC1=CC(C)(N)C(c2ccccc2C)C=C1. The third-order valence-electron chi connectivity index (χ3n) is 3.34. The Morgan fingerprint density at radius 3 is 2.59 bits per heavy atom. The van der Waals surface area contributed by atoms with Crippen LogP contribution in [0.25, 0.3) is 0 Å². The van der Waals surface area contributed by atoms with Gasteiger partial charge in [-0.3, -0.25) is 0 Å². The van der Waals surface area contributed by atoms with Crippen molar-refractivity contribution in [3.05, 3.63) is 59.4 Å². The van der Waals surface area contributed by atoms with Gasteiger partial charge in [-0.15, -0.1) is 0 Å². The number of allylic oxidation sites excluding steroid dienone is 1. The van der Waals surface area contributed by atoms with Crippen LogP contribution in [0.1, 0.15) is 24.0 Å². The molecule has 2 atom stereocenters. The highest BCUT2D eigenvalue weighted by Crippen LogP contribution is 2.35. The van der Waals surface area contributed by atoms with E-state index < -0.39 is 5.54 Å². The first-order valence-electron chi connectivity index (χ1n) is 5.84. The van der Waals surface area contributed by atoms with Crippen LogP contribution in [0.3, 0.4) is 0 Å². The fraction of sp³-hybridized carbons (Fsp3) is 0.333. The molecular weight excluding hydrogens is 210 g/mol. The van der Waals surface area contributed by atoms with E-state index in [2.05, 4.69) is 37.3 Å². The van der Waals surface area contributed by atoms with Crippen LogP contribution < -0.4 is 5.73 Å². The standard InChI is InChI=1S/C15H19NO/c1-11-6-4-5-7-13(11)14-9-8-12(17-3)10-15(14,2)16/h4-10,14H,16H2,1-3H3. The van der Waals surface area contributed by atoms with E-state index >= 15 is 0 Å². The Labute approximate surface area is 103 Å². The first-order chi connectivity index (χ1) is 8.04. The van der Waals surface area contributed by atoms with E-state index in [1.54, 1.807) is 7.11 Å². The van der Waals surface area contributed by atoms with Crippen molar-refractivity contribution >= 4 is 0 Å². The Hall–Kier alpha value is -1.54. The van der Waals surface area contributed by atoms with E-state index in [0.717, 1.165) is 5.76 Å². The third kappa shape index (κ3) is 2.27. The lowest BCUT2D eigenvalue weighted by molar-refractivity contribution is 0.295. The molecule has 90 valence electrons. The van der Waals surface area contributed by atoms with Crippen molar-refractivity contribution in [1.29, 1.82) is 0 Å². The van der Waals surface area contributed by atoms with E-state index in [0.29, 0.717) is 0 Å². The Balaban J connectivity index is 2.40. The fourth-order valence-electron chi connectivity index (χ4n) is 2.34. The summed E-state index contributed by atoms with van der Waals surface area (Å²) in [7, 11) is 1.67. The Bertz CT molecular complexity index is 472. The minimum atomic E-state index is -0.411. The molecule has 1 aliphatic carbocycles. The molecule has 2 unspecified atom stereocenters. The average molecular weight is 229 g/mol. The van der Waals surface area contributed by atoms with Gasteiger partial charge in [0.2, 0.25) is 0 Å². The van der Waals surface area contributed by atoms with E-state index in [4.69, 9.17) is 10.5 Å². The summed E-state index contributed by atoms with van der Waals surface area (Å²) in [5.74, 6) is 1.03. The zero-order valence-corrected chi connectivity index (χ0v) is 10.6. The van der Waals surface area contributed by atoms with Gasteiger partial charge in [-0.1, -0.05) is 30.3 Å². The molecule has 2 rings (SSSR count). The van der Waals surface area contributed by atoms with Gasteiger partial charge in [-0.25, -0.2) is 0 Å². The Morgan fingerprint density at radius 1 is 1.29 bits per heavy atom. The first kappa shape index (κ1) is 11.9. The second kappa shape index (κ2) is 4.38. The number of methoxy groups -OCH3 is 1. The zero-order valence-electron chi connectivity index (χ0n) is 10.6. The van der Waals surface area contributed by atoms with E-state index in [1.165, 1.54) is 11.1 Å². The van der Waals surface area contributed by atoms with Gasteiger partial charge in [-0.05, 0) is 37.1 Å². The molecule has 0 heterocycles. The van der Waals surface area contributed by atoms with Crippen LogP contribution in [-0.4, -0.2) is 12.6 Å². The van der Waals surface area contributed by atoms with Crippen LogP contribution in [0.2, 0.25) is 0 Å². The summed E-state index contributed by atoms with van der Waals surface area (Å²) in [4.78, 5) is 0. The van der Waals surface area contributed by atoms with Gasteiger partial charge in [0.25, 0.3) is 0 Å². The largest absolute Gasteiger partial charge is 0.497 e. The van der Waals surface area contributed by atoms with Gasteiger partial charge < -0.3 is 10.5 Å². The van der Waals surface area contributed by atoms with Crippen molar-refractivity contribution in [2.24, 2.45) is 5.73 Å². The summed E-state index contributed by atoms with van der Waals surface area (Å²) in [5.41, 5.74) is 8.52. The predicted molar refractivity (Wildman–Crippen MR) is 70.7 cm³/mol. The first-order valence-corrected chi connectivity index (χ1v) is 5.84. The molecule has 2 N–H and O–H groups in total. The highest BCUT2D eigenvalue weighted by atomic mass is 16.5. The molecule has 1 aliphatic rings. The maximum Gasteiger partial charge on any atom is 0.116 e. The van der Waals surface area contributed by atoms with E-state index in [1.807, 2.05) is 19.1 Å². The minimum Gasteiger partial charge on any atom is -0.497 e. The summed E-state index contributed by atoms with van der Waals surface area (Å²) in [6, 6.07) is 8.37. The molecule has 0 aromatic heterocycles. The number of hydrogen-bond donors (Lipinski definition) is 1. The molecule has 2 heteroatoms. The van der Waals surface area contributed by atoms with Crippen molar-refractivity contribution in [2.45, 2.75) is 25.3 Å². The van der Waals surface area contributed by atoms with Crippen LogP contribution in [0.4, 0.5) is 0 Å². The van der Waals surface area contributed by atoms with Gasteiger partial charge >= 0.3 is 0 Å². The van der Waals surface area contributed by atoms with Crippen molar-refractivity contribution < 1.29 is 4.74 Å². The van der Waals surface area contributed by atoms with Gasteiger partial charge in [0, 0.05) is 11.5 Å². The highest BCUT2D eigenvalue weighted by molar-refractivity contribution is 5.41. The fourth-order valence-corrected chi connectivity index (χ4v) is 2.34. The monoisotopic (exact) mass is 229 g/mol. The second-order valence-corrected chi connectivity index (χ2v) is 4.81. The number of aryl methyl sites for hydroxylation is 1. The van der Waals surface area contributed by atoms with Crippen LogP contribution in [-0.2, 0) is 4.74 Å². The van der Waals surface area contributed by atoms with Gasteiger partial charge in [0.1, 0.15) is 5.76 Å². The summed E-state index contributed by atoms with van der Waals surface area (Å²) < 4.78 is 5.24. The lowest BCUT2D eigenvalue weighted by atomic mass is 9.77. The Morgan fingerprint density at radius 2 is 2.00 bits per heavy atom. The summed E-state index contributed by atoms with van der Waals surface area (Å²) in [6.45, 7) is 4.15. The molecule has 2 nitrogen and oxygen atoms in total.